The third-order valence-corrected chi connectivity index (χ3v) is 7.79. The van der Waals surface area contributed by atoms with E-state index < -0.39 is 0 Å². The zero-order valence-electron chi connectivity index (χ0n) is 21.1. The average Bonchev–Trinajstić information content (AvgIpc) is 3.43. The van der Waals surface area contributed by atoms with Crippen molar-refractivity contribution in [3.63, 3.8) is 0 Å². The van der Waals surface area contributed by atoms with E-state index in [2.05, 4.69) is 39.5 Å². The van der Waals surface area contributed by atoms with E-state index in [-0.39, 0.29) is 23.9 Å². The van der Waals surface area contributed by atoms with Crippen molar-refractivity contribution in [3.05, 3.63) is 82.4 Å². The Morgan fingerprint density at radius 1 is 1.08 bits per heavy atom. The second-order valence-corrected chi connectivity index (χ2v) is 10.4. The predicted octanol–water partition coefficient (Wildman–Crippen LogP) is 5.06. The van der Waals surface area contributed by atoms with Gasteiger partial charge in [-0.15, -0.1) is 11.3 Å². The zero-order chi connectivity index (χ0) is 25.8. The Balaban J connectivity index is 1.28. The molecule has 5 rings (SSSR count). The monoisotopic (exact) mass is 513 g/mol. The Labute approximate surface area is 220 Å². The number of hydrogen-bond acceptors (Lipinski definition) is 6. The van der Waals surface area contributed by atoms with Crippen LogP contribution in [-0.2, 0) is 0 Å². The number of piperidine rings is 1. The lowest BCUT2D eigenvalue weighted by atomic mass is 10.00. The third kappa shape index (κ3) is 5.87. The summed E-state index contributed by atoms with van der Waals surface area (Å²) in [6, 6.07) is 15.6. The first-order valence-electron chi connectivity index (χ1n) is 12.7. The number of nitrogens with one attached hydrogen (secondary N) is 2. The van der Waals surface area contributed by atoms with Gasteiger partial charge >= 0.3 is 0 Å². The van der Waals surface area contributed by atoms with Gasteiger partial charge < -0.3 is 15.5 Å². The van der Waals surface area contributed by atoms with Gasteiger partial charge in [0, 0.05) is 40.3 Å². The van der Waals surface area contributed by atoms with Crippen LogP contribution < -0.4 is 10.6 Å². The summed E-state index contributed by atoms with van der Waals surface area (Å²) in [5.74, 6) is -0.218. The Bertz CT molecular complexity index is 1410. The van der Waals surface area contributed by atoms with Gasteiger partial charge in [0.25, 0.3) is 11.8 Å². The maximum Gasteiger partial charge on any atom is 0.280 e. The lowest BCUT2D eigenvalue weighted by Crippen LogP contribution is -2.43. The quantitative estimate of drug-likeness (QED) is 0.361. The fraction of sp³-hybridized carbons (Fsp3) is 0.310. The van der Waals surface area contributed by atoms with Crippen molar-refractivity contribution in [2.45, 2.75) is 38.3 Å². The van der Waals surface area contributed by atoms with Crippen molar-refractivity contribution >= 4 is 33.9 Å². The molecule has 3 heterocycles. The Kier molecular flexibility index (Phi) is 7.58. The summed E-state index contributed by atoms with van der Waals surface area (Å²) in [5.41, 5.74) is 3.32. The summed E-state index contributed by atoms with van der Waals surface area (Å²) in [7, 11) is 2.11. The minimum atomic E-state index is -0.147. The fourth-order valence-corrected chi connectivity index (χ4v) is 5.44. The van der Waals surface area contributed by atoms with Crippen LogP contribution in [0.2, 0.25) is 0 Å². The molecule has 2 aromatic heterocycles. The van der Waals surface area contributed by atoms with Gasteiger partial charge in [0.05, 0.1) is 11.7 Å². The summed E-state index contributed by atoms with van der Waals surface area (Å²) < 4.78 is 0. The molecule has 2 N–H and O–H groups in total. The topological polar surface area (TPSA) is 87.2 Å². The number of likely N-dealkylation sites (tertiary alicyclic amines) is 1. The lowest BCUT2D eigenvalue weighted by Gasteiger charge is -2.29. The molecule has 2 amide bonds. The SMILES string of the molecule is CCC(NC(=O)c1ccc2cnccc2c1)c1cccc(-c2csc(C(=O)NC3CCN(C)CC3)n2)c1. The highest BCUT2D eigenvalue weighted by Gasteiger charge is 2.21. The van der Waals surface area contributed by atoms with E-state index in [1.54, 1.807) is 12.4 Å². The van der Waals surface area contributed by atoms with Gasteiger partial charge in [0.15, 0.2) is 5.01 Å². The Hall–Kier alpha value is -3.62. The van der Waals surface area contributed by atoms with Crippen molar-refractivity contribution in [2.75, 3.05) is 20.1 Å². The number of amides is 2. The first-order chi connectivity index (χ1) is 18.0. The molecule has 0 bridgehead atoms. The van der Waals surface area contributed by atoms with Crippen LogP contribution in [0.1, 0.15) is 58.0 Å². The van der Waals surface area contributed by atoms with E-state index in [4.69, 9.17) is 0 Å². The van der Waals surface area contributed by atoms with Crippen molar-refractivity contribution < 1.29 is 9.59 Å². The number of aromatic nitrogens is 2. The summed E-state index contributed by atoms with van der Waals surface area (Å²) >= 11 is 1.36. The minimum absolute atomic E-state index is 0.105. The molecule has 37 heavy (non-hydrogen) atoms. The fourth-order valence-electron chi connectivity index (χ4n) is 4.71. The van der Waals surface area contributed by atoms with Crippen molar-refractivity contribution in [2.24, 2.45) is 0 Å². The molecule has 0 radical (unpaired) electrons. The molecule has 1 saturated heterocycles. The molecule has 1 fully saturated rings. The molecule has 8 heteroatoms. The smallest absolute Gasteiger partial charge is 0.280 e. The normalized spacial score (nSPS) is 15.4. The predicted molar refractivity (Wildman–Crippen MR) is 148 cm³/mol. The van der Waals surface area contributed by atoms with Crippen LogP contribution in [0.3, 0.4) is 0 Å². The van der Waals surface area contributed by atoms with E-state index in [0.29, 0.717) is 10.6 Å². The summed E-state index contributed by atoms with van der Waals surface area (Å²) in [4.78, 5) is 36.9. The lowest BCUT2D eigenvalue weighted by molar-refractivity contribution is 0.0913. The van der Waals surface area contributed by atoms with Crippen LogP contribution in [0.15, 0.2) is 66.3 Å². The van der Waals surface area contributed by atoms with E-state index >= 15 is 0 Å². The van der Waals surface area contributed by atoms with E-state index in [0.717, 1.165) is 59.9 Å². The maximum absolute atomic E-state index is 13.1. The molecule has 7 nitrogen and oxygen atoms in total. The van der Waals surface area contributed by atoms with Crippen LogP contribution in [0.4, 0.5) is 0 Å². The molecule has 1 aliphatic rings. The van der Waals surface area contributed by atoms with Gasteiger partial charge in [0.2, 0.25) is 0 Å². The maximum atomic E-state index is 13.1. The van der Waals surface area contributed by atoms with Crippen LogP contribution in [0, 0.1) is 0 Å². The second-order valence-electron chi connectivity index (χ2n) is 9.59. The number of hydrogen-bond donors (Lipinski definition) is 2. The van der Waals surface area contributed by atoms with Crippen LogP contribution in [-0.4, -0.2) is 52.9 Å². The van der Waals surface area contributed by atoms with E-state index in [1.165, 1.54) is 11.3 Å². The third-order valence-electron chi connectivity index (χ3n) is 6.95. The van der Waals surface area contributed by atoms with Gasteiger partial charge in [0.1, 0.15) is 0 Å². The number of fused-ring (bicyclic) bond motifs is 1. The molecule has 1 unspecified atom stereocenters. The van der Waals surface area contributed by atoms with E-state index in [9.17, 15) is 9.59 Å². The average molecular weight is 514 g/mol. The van der Waals surface area contributed by atoms with E-state index in [1.807, 2.05) is 53.9 Å². The van der Waals surface area contributed by atoms with Crippen molar-refractivity contribution in [1.29, 1.82) is 0 Å². The van der Waals surface area contributed by atoms with Crippen molar-refractivity contribution in [1.82, 2.24) is 25.5 Å². The second kappa shape index (κ2) is 11.2. The minimum Gasteiger partial charge on any atom is -0.347 e. The molecule has 1 atom stereocenters. The number of carbonyl (C=O) groups excluding carboxylic acids is 2. The highest BCUT2D eigenvalue weighted by Crippen LogP contribution is 2.27. The molecule has 1 aliphatic heterocycles. The number of pyridine rings is 1. The first kappa shape index (κ1) is 25.0. The van der Waals surface area contributed by atoms with Gasteiger partial charge in [-0.3, -0.25) is 14.6 Å². The Morgan fingerprint density at radius 2 is 1.92 bits per heavy atom. The number of benzene rings is 2. The summed E-state index contributed by atoms with van der Waals surface area (Å²) in [5, 5.41) is 10.7. The molecule has 0 aliphatic carbocycles. The molecule has 0 saturated carbocycles. The highest BCUT2D eigenvalue weighted by atomic mass is 32.1. The summed E-state index contributed by atoms with van der Waals surface area (Å²) in [6.07, 6.45) is 6.19. The van der Waals surface area contributed by atoms with Crippen molar-refractivity contribution in [3.8, 4) is 11.3 Å². The Morgan fingerprint density at radius 3 is 2.73 bits per heavy atom. The molecular weight excluding hydrogens is 482 g/mol. The van der Waals surface area contributed by atoms with Gasteiger partial charge in [-0.25, -0.2) is 4.98 Å². The van der Waals surface area contributed by atoms with Gasteiger partial charge in [-0.2, -0.15) is 0 Å². The zero-order valence-corrected chi connectivity index (χ0v) is 21.9. The number of nitrogens with zero attached hydrogens (tertiary/aromatic N) is 3. The molecule has 2 aromatic carbocycles. The number of thiazole rings is 1. The van der Waals surface area contributed by atoms with Crippen LogP contribution >= 0.6 is 11.3 Å². The van der Waals surface area contributed by atoms with Gasteiger partial charge in [-0.05, 0) is 74.6 Å². The molecular formula is C29H31N5O2S. The summed E-state index contributed by atoms with van der Waals surface area (Å²) in [6.45, 7) is 4.04. The molecule has 190 valence electrons. The molecule has 0 spiro atoms. The largest absolute Gasteiger partial charge is 0.347 e. The standard InChI is InChI=1S/C29H31N5O2S/c1-3-25(32-27(35)22-7-8-23-17-30-12-9-19(23)15-22)20-5-4-6-21(16-20)26-18-37-29(33-26)28(36)31-24-10-13-34(2)14-11-24/h4-9,12,15-18,24-25H,3,10-11,13-14H2,1-2H3,(H,31,36)(H,32,35). The first-order valence-corrected chi connectivity index (χ1v) is 13.6. The molecule has 4 aromatic rings. The highest BCUT2D eigenvalue weighted by molar-refractivity contribution is 7.12. The van der Waals surface area contributed by atoms with Crippen LogP contribution in [0.25, 0.3) is 22.0 Å². The number of carbonyl (C=O) groups is 2. The van der Waals surface area contributed by atoms with Gasteiger partial charge in [-0.1, -0.05) is 31.2 Å². The van der Waals surface area contributed by atoms with Crippen LogP contribution in [0.5, 0.6) is 0 Å². The number of rotatable bonds is 7.